The highest BCUT2D eigenvalue weighted by Gasteiger charge is 2.29. The molecular formula is C19H27N3O7. The van der Waals surface area contributed by atoms with Crippen LogP contribution < -0.4 is 16.4 Å². The summed E-state index contributed by atoms with van der Waals surface area (Å²) in [6, 6.07) is 2.62. The standard InChI is InChI=1S/C19H27N3O7/c1-10(2)16(19(28)29)22-18(27)14(7-8-15(24)25)21-17(26)13(20)9-11-3-5-12(23)6-4-11/h3-6,10,13-14,16,23H,7-9,20H2,1-2H3,(H,21,26)(H,22,27)(H,24,25)(H,28,29)/t13-,14-,16-/m0/s1. The molecule has 29 heavy (non-hydrogen) atoms. The molecule has 1 aromatic carbocycles. The van der Waals surface area contributed by atoms with Crippen molar-refractivity contribution in [3.05, 3.63) is 29.8 Å². The molecule has 1 aromatic rings. The molecule has 10 heteroatoms. The number of phenolic OH excluding ortho intramolecular Hbond substituents is 1. The lowest BCUT2D eigenvalue weighted by atomic mass is 10.0. The number of amides is 2. The highest BCUT2D eigenvalue weighted by molar-refractivity contribution is 5.92. The zero-order chi connectivity index (χ0) is 22.1. The van der Waals surface area contributed by atoms with Gasteiger partial charge in [-0.15, -0.1) is 0 Å². The molecule has 10 nitrogen and oxygen atoms in total. The number of aliphatic carboxylic acids is 2. The molecule has 0 aliphatic carbocycles. The maximum absolute atomic E-state index is 12.5. The first kappa shape index (κ1) is 23.9. The lowest BCUT2D eigenvalue weighted by molar-refractivity contribution is -0.144. The molecule has 2 amide bonds. The summed E-state index contributed by atoms with van der Waals surface area (Å²) in [4.78, 5) is 47.0. The van der Waals surface area contributed by atoms with Crippen LogP contribution in [0, 0.1) is 5.92 Å². The molecule has 1 rings (SSSR count). The van der Waals surface area contributed by atoms with E-state index in [2.05, 4.69) is 10.6 Å². The predicted octanol–water partition coefficient (Wildman–Crippen LogP) is -0.163. The van der Waals surface area contributed by atoms with E-state index in [9.17, 15) is 29.4 Å². The normalized spacial score (nSPS) is 13.9. The second-order valence-electron chi connectivity index (χ2n) is 7.04. The van der Waals surface area contributed by atoms with Gasteiger partial charge >= 0.3 is 11.9 Å². The Morgan fingerprint density at radius 1 is 1.00 bits per heavy atom. The van der Waals surface area contributed by atoms with Crippen LogP contribution in [0.5, 0.6) is 5.75 Å². The Balaban J connectivity index is 2.83. The van der Waals surface area contributed by atoms with Gasteiger partial charge in [-0.25, -0.2) is 4.79 Å². The van der Waals surface area contributed by atoms with E-state index < -0.39 is 54.2 Å². The van der Waals surface area contributed by atoms with Crippen molar-refractivity contribution in [2.75, 3.05) is 0 Å². The van der Waals surface area contributed by atoms with Crippen molar-refractivity contribution in [3.63, 3.8) is 0 Å². The van der Waals surface area contributed by atoms with Crippen molar-refractivity contribution in [2.45, 2.75) is 51.2 Å². The number of carboxylic acids is 2. The lowest BCUT2D eigenvalue weighted by Gasteiger charge is -2.24. The van der Waals surface area contributed by atoms with Crippen molar-refractivity contribution < 1.29 is 34.5 Å². The van der Waals surface area contributed by atoms with E-state index in [0.717, 1.165) is 0 Å². The molecule has 0 saturated heterocycles. The molecule has 0 aliphatic rings. The van der Waals surface area contributed by atoms with E-state index in [1.54, 1.807) is 26.0 Å². The number of carboxylic acid groups (broad SMARTS) is 2. The third kappa shape index (κ3) is 8.18. The number of benzene rings is 1. The van der Waals surface area contributed by atoms with Gasteiger partial charge in [0.25, 0.3) is 0 Å². The summed E-state index contributed by atoms with van der Waals surface area (Å²) in [5.41, 5.74) is 6.56. The maximum atomic E-state index is 12.5. The number of carbonyl (C=O) groups is 4. The molecule has 0 radical (unpaired) electrons. The fraction of sp³-hybridized carbons (Fsp3) is 0.474. The number of nitrogens with two attached hydrogens (primary N) is 1. The van der Waals surface area contributed by atoms with E-state index >= 15 is 0 Å². The van der Waals surface area contributed by atoms with Gasteiger partial charge in [-0.05, 0) is 36.5 Å². The molecule has 3 atom stereocenters. The number of rotatable bonds is 11. The summed E-state index contributed by atoms with van der Waals surface area (Å²) < 4.78 is 0. The predicted molar refractivity (Wildman–Crippen MR) is 103 cm³/mol. The zero-order valence-electron chi connectivity index (χ0n) is 16.3. The number of phenols is 1. The zero-order valence-corrected chi connectivity index (χ0v) is 16.3. The topological polar surface area (TPSA) is 179 Å². The van der Waals surface area contributed by atoms with Crippen molar-refractivity contribution >= 4 is 23.8 Å². The second kappa shape index (κ2) is 11.0. The fourth-order valence-corrected chi connectivity index (χ4v) is 2.56. The van der Waals surface area contributed by atoms with Gasteiger partial charge in [-0.1, -0.05) is 26.0 Å². The average molecular weight is 409 g/mol. The summed E-state index contributed by atoms with van der Waals surface area (Å²) in [5.74, 6) is -4.22. The van der Waals surface area contributed by atoms with Crippen molar-refractivity contribution in [3.8, 4) is 5.75 Å². The van der Waals surface area contributed by atoms with Crippen LogP contribution in [0.4, 0.5) is 0 Å². The SMILES string of the molecule is CC(C)[C@H](NC(=O)[C@H](CCC(=O)O)NC(=O)[C@@H](N)Cc1ccc(O)cc1)C(=O)O. The number of carbonyl (C=O) groups excluding carboxylic acids is 2. The van der Waals surface area contributed by atoms with Crippen LogP contribution in [0.3, 0.4) is 0 Å². The fourth-order valence-electron chi connectivity index (χ4n) is 2.56. The van der Waals surface area contributed by atoms with E-state index in [-0.39, 0.29) is 18.6 Å². The van der Waals surface area contributed by atoms with Gasteiger partial charge in [0.2, 0.25) is 11.8 Å². The molecule has 0 aliphatic heterocycles. The summed E-state index contributed by atoms with van der Waals surface area (Å²) in [7, 11) is 0. The van der Waals surface area contributed by atoms with Gasteiger partial charge in [0.1, 0.15) is 17.8 Å². The Hall–Kier alpha value is -3.14. The first-order chi connectivity index (χ1) is 13.5. The van der Waals surface area contributed by atoms with Crippen molar-refractivity contribution in [1.82, 2.24) is 10.6 Å². The van der Waals surface area contributed by atoms with Crippen LogP contribution in [-0.4, -0.2) is 57.2 Å². The van der Waals surface area contributed by atoms with Crippen molar-refractivity contribution in [1.29, 1.82) is 0 Å². The van der Waals surface area contributed by atoms with Gasteiger partial charge in [0, 0.05) is 6.42 Å². The Labute approximate surface area is 168 Å². The van der Waals surface area contributed by atoms with Crippen LogP contribution in [-0.2, 0) is 25.6 Å². The first-order valence-electron chi connectivity index (χ1n) is 9.10. The molecular weight excluding hydrogens is 382 g/mol. The van der Waals surface area contributed by atoms with Crippen LogP contribution in [0.25, 0.3) is 0 Å². The molecule has 0 spiro atoms. The number of hydrogen-bond donors (Lipinski definition) is 6. The largest absolute Gasteiger partial charge is 0.508 e. The van der Waals surface area contributed by atoms with E-state index in [0.29, 0.717) is 5.56 Å². The summed E-state index contributed by atoms with van der Waals surface area (Å²) in [6.07, 6.45) is -0.489. The van der Waals surface area contributed by atoms with Crippen LogP contribution in [0.15, 0.2) is 24.3 Å². The molecule has 0 saturated carbocycles. The number of nitrogens with one attached hydrogen (secondary N) is 2. The third-order valence-electron chi connectivity index (χ3n) is 4.24. The van der Waals surface area contributed by atoms with Gasteiger partial charge < -0.3 is 31.7 Å². The average Bonchev–Trinajstić information content (AvgIpc) is 2.63. The van der Waals surface area contributed by atoms with E-state index in [1.807, 2.05) is 0 Å². The second-order valence-corrected chi connectivity index (χ2v) is 7.04. The van der Waals surface area contributed by atoms with Gasteiger partial charge in [-0.2, -0.15) is 0 Å². The van der Waals surface area contributed by atoms with Crippen LogP contribution in [0.1, 0.15) is 32.3 Å². The van der Waals surface area contributed by atoms with Crippen LogP contribution in [0.2, 0.25) is 0 Å². The van der Waals surface area contributed by atoms with Gasteiger partial charge in [0.15, 0.2) is 0 Å². The Morgan fingerprint density at radius 2 is 1.59 bits per heavy atom. The van der Waals surface area contributed by atoms with Crippen LogP contribution >= 0.6 is 0 Å². The Kier molecular flexibility index (Phi) is 9.07. The minimum Gasteiger partial charge on any atom is -0.508 e. The summed E-state index contributed by atoms with van der Waals surface area (Å²) >= 11 is 0. The Bertz CT molecular complexity index is 734. The smallest absolute Gasteiger partial charge is 0.326 e. The van der Waals surface area contributed by atoms with E-state index in [4.69, 9.17) is 10.8 Å². The number of hydrogen-bond acceptors (Lipinski definition) is 6. The molecule has 160 valence electrons. The molecule has 0 fully saturated rings. The maximum Gasteiger partial charge on any atom is 0.326 e. The highest BCUT2D eigenvalue weighted by Crippen LogP contribution is 2.11. The minimum atomic E-state index is -1.25. The van der Waals surface area contributed by atoms with Crippen molar-refractivity contribution in [2.24, 2.45) is 11.7 Å². The summed E-state index contributed by atoms with van der Waals surface area (Å²) in [6.45, 7) is 3.22. The molecule has 0 bridgehead atoms. The monoisotopic (exact) mass is 409 g/mol. The van der Waals surface area contributed by atoms with Gasteiger partial charge in [0.05, 0.1) is 6.04 Å². The number of aromatic hydroxyl groups is 1. The van der Waals surface area contributed by atoms with E-state index in [1.165, 1.54) is 12.1 Å². The molecule has 0 unspecified atom stereocenters. The lowest BCUT2D eigenvalue weighted by Crippen LogP contribution is -2.55. The Morgan fingerprint density at radius 3 is 2.07 bits per heavy atom. The third-order valence-corrected chi connectivity index (χ3v) is 4.24. The molecule has 0 aromatic heterocycles. The molecule has 7 N–H and O–H groups in total. The first-order valence-corrected chi connectivity index (χ1v) is 9.10. The summed E-state index contributed by atoms with van der Waals surface area (Å²) in [5, 5.41) is 32.1. The minimum absolute atomic E-state index is 0.0651. The molecule has 0 heterocycles. The quantitative estimate of drug-likeness (QED) is 0.292. The van der Waals surface area contributed by atoms with Gasteiger partial charge in [-0.3, -0.25) is 14.4 Å². The highest BCUT2D eigenvalue weighted by atomic mass is 16.4.